The maximum absolute atomic E-state index is 12.4. The highest BCUT2D eigenvalue weighted by molar-refractivity contribution is 7.89. The molecule has 0 saturated carbocycles. The third-order valence-electron chi connectivity index (χ3n) is 3.75. The molecule has 0 atom stereocenters. The van der Waals surface area contributed by atoms with Gasteiger partial charge in [-0.2, -0.15) is 4.31 Å². The lowest BCUT2D eigenvalue weighted by Crippen LogP contribution is -2.30. The molecule has 0 aliphatic heterocycles. The number of halogens is 1. The van der Waals surface area contributed by atoms with E-state index >= 15 is 0 Å². The van der Waals surface area contributed by atoms with Gasteiger partial charge in [0.2, 0.25) is 10.0 Å². The zero-order valence-electron chi connectivity index (χ0n) is 14.1. The molecular formula is C18H20ClNO4S. The number of hydrogen-bond acceptors (Lipinski definition) is 4. The summed E-state index contributed by atoms with van der Waals surface area (Å²) in [5.74, 6) is -0.535. The zero-order chi connectivity index (χ0) is 18.4. The van der Waals surface area contributed by atoms with E-state index in [1.54, 1.807) is 32.0 Å². The summed E-state index contributed by atoms with van der Waals surface area (Å²) in [4.78, 5) is 12.3. The van der Waals surface area contributed by atoms with Gasteiger partial charge in [-0.05, 0) is 30.3 Å². The Labute approximate surface area is 153 Å². The lowest BCUT2D eigenvalue weighted by atomic mass is 10.2. The van der Waals surface area contributed by atoms with Crippen molar-refractivity contribution in [3.05, 3.63) is 64.7 Å². The van der Waals surface area contributed by atoms with Crippen LogP contribution in [0.5, 0.6) is 0 Å². The molecule has 0 aromatic heterocycles. The van der Waals surface area contributed by atoms with Crippen LogP contribution in [0.15, 0.2) is 53.4 Å². The van der Waals surface area contributed by atoms with E-state index in [0.29, 0.717) is 23.7 Å². The summed E-state index contributed by atoms with van der Waals surface area (Å²) in [6, 6.07) is 12.8. The number of carbonyl (C=O) groups excluding carboxylic acids is 1. The quantitative estimate of drug-likeness (QED) is 0.685. The highest BCUT2D eigenvalue weighted by Crippen LogP contribution is 2.18. The Kier molecular flexibility index (Phi) is 6.58. The molecule has 0 amide bonds. The molecule has 0 radical (unpaired) electrons. The highest BCUT2D eigenvalue weighted by Gasteiger charge is 2.21. The normalized spacial score (nSPS) is 11.5. The molecule has 7 heteroatoms. The van der Waals surface area contributed by atoms with E-state index in [9.17, 15) is 13.2 Å². The van der Waals surface area contributed by atoms with Gasteiger partial charge in [-0.15, -0.1) is 0 Å². The van der Waals surface area contributed by atoms with Crippen molar-refractivity contribution in [2.45, 2.75) is 25.3 Å². The van der Waals surface area contributed by atoms with Crippen molar-refractivity contribution >= 4 is 27.6 Å². The van der Waals surface area contributed by atoms with Crippen LogP contribution >= 0.6 is 11.6 Å². The molecule has 0 unspecified atom stereocenters. The Bertz CT molecular complexity index is 830. The number of carbonyl (C=O) groups is 1. The van der Waals surface area contributed by atoms with Crippen LogP contribution in [0.2, 0.25) is 5.02 Å². The standard InChI is InChI=1S/C18H20ClNO4S/c1-3-20(4-2)25(22,23)16-11-9-14(10-12-16)18(21)24-13-15-7-5-6-8-17(15)19/h5-12H,3-4,13H2,1-2H3. The number of sulfonamides is 1. The van der Waals surface area contributed by atoms with Crippen molar-refractivity contribution < 1.29 is 17.9 Å². The maximum Gasteiger partial charge on any atom is 0.338 e. The third-order valence-corrected chi connectivity index (χ3v) is 6.18. The molecule has 0 saturated heterocycles. The number of hydrogen-bond donors (Lipinski definition) is 0. The summed E-state index contributed by atoms with van der Waals surface area (Å²) in [5.41, 5.74) is 0.990. The van der Waals surface area contributed by atoms with Crippen LogP contribution < -0.4 is 0 Å². The molecule has 0 aliphatic rings. The molecule has 0 aliphatic carbocycles. The molecule has 2 aromatic carbocycles. The van der Waals surface area contributed by atoms with Crippen LogP contribution in [0, 0.1) is 0 Å². The van der Waals surface area contributed by atoms with Gasteiger partial charge in [0.15, 0.2) is 0 Å². The van der Waals surface area contributed by atoms with Crippen LogP contribution in [0.1, 0.15) is 29.8 Å². The average molecular weight is 382 g/mol. The minimum atomic E-state index is -3.54. The molecule has 5 nitrogen and oxygen atoms in total. The zero-order valence-corrected chi connectivity index (χ0v) is 15.7. The monoisotopic (exact) mass is 381 g/mol. The second kappa shape index (κ2) is 8.47. The number of esters is 1. The van der Waals surface area contributed by atoms with E-state index in [1.165, 1.54) is 28.6 Å². The van der Waals surface area contributed by atoms with E-state index in [2.05, 4.69) is 0 Å². The van der Waals surface area contributed by atoms with Crippen LogP contribution in [0.3, 0.4) is 0 Å². The van der Waals surface area contributed by atoms with Crippen molar-refractivity contribution in [1.29, 1.82) is 0 Å². The largest absolute Gasteiger partial charge is 0.457 e. The third kappa shape index (κ3) is 4.60. The minimum Gasteiger partial charge on any atom is -0.457 e. The Morgan fingerprint density at radius 1 is 1.04 bits per heavy atom. The fraction of sp³-hybridized carbons (Fsp3) is 0.278. The van der Waals surface area contributed by atoms with Crippen LogP contribution in [0.25, 0.3) is 0 Å². The Balaban J connectivity index is 2.09. The van der Waals surface area contributed by atoms with Gasteiger partial charge in [0.1, 0.15) is 6.61 Å². The second-order valence-corrected chi connectivity index (χ2v) is 7.63. The van der Waals surface area contributed by atoms with Gasteiger partial charge in [-0.3, -0.25) is 0 Å². The van der Waals surface area contributed by atoms with Crippen molar-refractivity contribution in [3.8, 4) is 0 Å². The van der Waals surface area contributed by atoms with Gasteiger partial charge < -0.3 is 4.74 Å². The summed E-state index contributed by atoms with van der Waals surface area (Å²) < 4.78 is 31.4. The van der Waals surface area contributed by atoms with E-state index in [-0.39, 0.29) is 17.1 Å². The molecular weight excluding hydrogens is 362 g/mol. The fourth-order valence-corrected chi connectivity index (χ4v) is 3.97. The first-order valence-electron chi connectivity index (χ1n) is 7.90. The van der Waals surface area contributed by atoms with E-state index in [1.807, 2.05) is 6.07 Å². The van der Waals surface area contributed by atoms with Gasteiger partial charge in [0, 0.05) is 23.7 Å². The first-order chi connectivity index (χ1) is 11.9. The van der Waals surface area contributed by atoms with Crippen molar-refractivity contribution in [2.24, 2.45) is 0 Å². The number of benzene rings is 2. The van der Waals surface area contributed by atoms with E-state index in [4.69, 9.17) is 16.3 Å². The molecule has 25 heavy (non-hydrogen) atoms. The number of nitrogens with zero attached hydrogens (tertiary/aromatic N) is 1. The highest BCUT2D eigenvalue weighted by atomic mass is 35.5. The summed E-state index contributed by atoms with van der Waals surface area (Å²) in [6.07, 6.45) is 0. The molecule has 2 rings (SSSR count). The molecule has 0 fully saturated rings. The molecule has 0 spiro atoms. The average Bonchev–Trinajstić information content (AvgIpc) is 2.61. The van der Waals surface area contributed by atoms with Gasteiger partial charge in [0.05, 0.1) is 10.5 Å². The van der Waals surface area contributed by atoms with Gasteiger partial charge in [0.25, 0.3) is 0 Å². The lowest BCUT2D eigenvalue weighted by molar-refractivity contribution is 0.0472. The summed E-state index contributed by atoms with van der Waals surface area (Å²) in [7, 11) is -3.54. The predicted molar refractivity (Wildman–Crippen MR) is 97.1 cm³/mol. The Hall–Kier alpha value is -1.89. The van der Waals surface area contributed by atoms with Crippen LogP contribution in [-0.2, 0) is 21.4 Å². The second-order valence-electron chi connectivity index (χ2n) is 5.28. The van der Waals surface area contributed by atoms with E-state index < -0.39 is 16.0 Å². The van der Waals surface area contributed by atoms with Crippen molar-refractivity contribution in [3.63, 3.8) is 0 Å². The maximum atomic E-state index is 12.4. The fourth-order valence-electron chi connectivity index (χ4n) is 2.32. The smallest absolute Gasteiger partial charge is 0.338 e. The summed E-state index contributed by atoms with van der Waals surface area (Å²) in [6.45, 7) is 4.39. The van der Waals surface area contributed by atoms with Crippen LogP contribution in [0.4, 0.5) is 0 Å². The molecule has 2 aromatic rings. The van der Waals surface area contributed by atoms with Gasteiger partial charge in [-0.25, -0.2) is 13.2 Å². The number of ether oxygens (including phenoxy) is 1. The topological polar surface area (TPSA) is 63.7 Å². The molecule has 0 N–H and O–H groups in total. The number of rotatable bonds is 7. The van der Waals surface area contributed by atoms with E-state index in [0.717, 1.165) is 0 Å². The molecule has 0 heterocycles. The van der Waals surface area contributed by atoms with Crippen molar-refractivity contribution in [2.75, 3.05) is 13.1 Å². The Morgan fingerprint density at radius 3 is 2.20 bits per heavy atom. The van der Waals surface area contributed by atoms with Crippen LogP contribution in [-0.4, -0.2) is 31.8 Å². The SMILES string of the molecule is CCN(CC)S(=O)(=O)c1ccc(C(=O)OCc2ccccc2Cl)cc1. The van der Waals surface area contributed by atoms with Gasteiger partial charge >= 0.3 is 5.97 Å². The van der Waals surface area contributed by atoms with Crippen molar-refractivity contribution in [1.82, 2.24) is 4.31 Å². The Morgan fingerprint density at radius 2 is 1.64 bits per heavy atom. The molecule has 134 valence electrons. The minimum absolute atomic E-state index is 0.0536. The summed E-state index contributed by atoms with van der Waals surface area (Å²) >= 11 is 6.02. The summed E-state index contributed by atoms with van der Waals surface area (Å²) in [5, 5.41) is 0.524. The predicted octanol–water partition coefficient (Wildman–Crippen LogP) is 3.73. The van der Waals surface area contributed by atoms with Gasteiger partial charge in [-0.1, -0.05) is 43.6 Å². The first-order valence-corrected chi connectivity index (χ1v) is 9.72. The lowest BCUT2D eigenvalue weighted by Gasteiger charge is -2.18. The molecule has 0 bridgehead atoms. The first kappa shape index (κ1) is 19.4.